The Morgan fingerprint density at radius 2 is 2.06 bits per heavy atom. The van der Waals surface area contributed by atoms with Gasteiger partial charge in [0.05, 0.1) is 18.9 Å². The second-order valence-electron chi connectivity index (χ2n) is 3.81. The van der Waals surface area contributed by atoms with Gasteiger partial charge in [0.2, 0.25) is 0 Å². The number of carboxylic acids is 1. The predicted molar refractivity (Wildman–Crippen MR) is 68.7 cm³/mol. The molecule has 2 rings (SSSR count). The first-order valence-electron chi connectivity index (χ1n) is 5.48. The summed E-state index contributed by atoms with van der Waals surface area (Å²) in [5.74, 6) is -0.931. The van der Waals surface area contributed by atoms with Crippen molar-refractivity contribution in [2.45, 2.75) is 20.1 Å². The quantitative estimate of drug-likeness (QED) is 0.901. The van der Waals surface area contributed by atoms with Crippen molar-refractivity contribution in [3.63, 3.8) is 0 Å². The summed E-state index contributed by atoms with van der Waals surface area (Å²) in [6.45, 7) is 2.54. The molecular weight excluding hydrogens is 250 g/mol. The third-order valence-corrected chi connectivity index (χ3v) is 3.49. The molecule has 0 spiro atoms. The fourth-order valence-corrected chi connectivity index (χ4v) is 2.38. The van der Waals surface area contributed by atoms with Crippen LogP contribution in [0.4, 0.5) is 0 Å². The Kier molecular flexibility index (Phi) is 4.07. The van der Waals surface area contributed by atoms with Gasteiger partial charge in [-0.1, -0.05) is 30.3 Å². The minimum atomic E-state index is -0.931. The van der Waals surface area contributed by atoms with Crippen molar-refractivity contribution in [3.8, 4) is 0 Å². The van der Waals surface area contributed by atoms with E-state index in [2.05, 4.69) is 4.98 Å². The van der Waals surface area contributed by atoms with Crippen LogP contribution in [-0.2, 0) is 18.0 Å². The standard InChI is InChI=1S/C13H13NO3S/c1-9-12(13(15)16)18-11(14-9)8-17-7-10-5-3-2-4-6-10/h2-6H,7-8H2,1H3,(H,15,16). The topological polar surface area (TPSA) is 59.4 Å². The van der Waals surface area contributed by atoms with Crippen molar-refractivity contribution in [3.05, 3.63) is 51.5 Å². The molecule has 2 aromatic rings. The van der Waals surface area contributed by atoms with Gasteiger partial charge in [0, 0.05) is 0 Å². The lowest BCUT2D eigenvalue weighted by molar-refractivity contribution is 0.0701. The number of carboxylic acid groups (broad SMARTS) is 1. The first-order chi connectivity index (χ1) is 8.66. The highest BCUT2D eigenvalue weighted by molar-refractivity contribution is 7.13. The molecule has 0 unspecified atom stereocenters. The van der Waals surface area contributed by atoms with Crippen molar-refractivity contribution in [1.82, 2.24) is 4.98 Å². The molecule has 0 amide bonds. The Morgan fingerprint density at radius 3 is 2.67 bits per heavy atom. The van der Waals surface area contributed by atoms with Gasteiger partial charge in [0.15, 0.2) is 0 Å². The van der Waals surface area contributed by atoms with Crippen molar-refractivity contribution >= 4 is 17.3 Å². The highest BCUT2D eigenvalue weighted by atomic mass is 32.1. The molecule has 94 valence electrons. The number of aryl methyl sites for hydroxylation is 1. The molecule has 1 aromatic heterocycles. The maximum Gasteiger partial charge on any atom is 0.347 e. The minimum Gasteiger partial charge on any atom is -0.477 e. The summed E-state index contributed by atoms with van der Waals surface area (Å²) >= 11 is 1.17. The molecule has 1 heterocycles. The third-order valence-electron chi connectivity index (χ3n) is 2.37. The van der Waals surface area contributed by atoms with Crippen LogP contribution in [0.25, 0.3) is 0 Å². The second kappa shape index (κ2) is 5.75. The maximum atomic E-state index is 10.9. The van der Waals surface area contributed by atoms with Gasteiger partial charge in [-0.3, -0.25) is 0 Å². The molecule has 4 nitrogen and oxygen atoms in total. The molecule has 0 aliphatic heterocycles. The number of hydrogen-bond acceptors (Lipinski definition) is 4. The number of thiazole rings is 1. The van der Waals surface area contributed by atoms with Gasteiger partial charge in [-0.05, 0) is 12.5 Å². The van der Waals surface area contributed by atoms with E-state index in [-0.39, 0.29) is 4.88 Å². The molecule has 1 N–H and O–H groups in total. The van der Waals surface area contributed by atoms with Gasteiger partial charge in [-0.15, -0.1) is 11.3 Å². The molecule has 0 atom stereocenters. The van der Waals surface area contributed by atoms with E-state index in [1.165, 1.54) is 11.3 Å². The number of aromatic nitrogens is 1. The second-order valence-corrected chi connectivity index (χ2v) is 4.89. The van der Waals surface area contributed by atoms with Gasteiger partial charge in [-0.25, -0.2) is 9.78 Å². The SMILES string of the molecule is Cc1nc(COCc2ccccc2)sc1C(=O)O. The molecule has 0 bridgehead atoms. The van der Waals surface area contributed by atoms with E-state index in [1.807, 2.05) is 30.3 Å². The Morgan fingerprint density at radius 1 is 1.33 bits per heavy atom. The Labute approximate surface area is 109 Å². The Hall–Kier alpha value is -1.72. The van der Waals surface area contributed by atoms with Gasteiger partial charge < -0.3 is 9.84 Å². The number of aromatic carboxylic acids is 1. The monoisotopic (exact) mass is 263 g/mol. The van der Waals surface area contributed by atoms with Gasteiger partial charge in [0.1, 0.15) is 9.88 Å². The summed E-state index contributed by atoms with van der Waals surface area (Å²) in [7, 11) is 0. The summed E-state index contributed by atoms with van der Waals surface area (Å²) in [6.07, 6.45) is 0. The van der Waals surface area contributed by atoms with Gasteiger partial charge in [-0.2, -0.15) is 0 Å². The summed E-state index contributed by atoms with van der Waals surface area (Å²) in [6, 6.07) is 9.82. The lowest BCUT2D eigenvalue weighted by Crippen LogP contribution is -1.94. The zero-order valence-corrected chi connectivity index (χ0v) is 10.7. The predicted octanol–water partition coefficient (Wildman–Crippen LogP) is 2.87. The smallest absolute Gasteiger partial charge is 0.347 e. The van der Waals surface area contributed by atoms with E-state index in [4.69, 9.17) is 9.84 Å². The van der Waals surface area contributed by atoms with E-state index in [1.54, 1.807) is 6.92 Å². The number of ether oxygens (including phenoxy) is 1. The van der Waals surface area contributed by atoms with Crippen LogP contribution in [-0.4, -0.2) is 16.1 Å². The van der Waals surface area contributed by atoms with Crippen molar-refractivity contribution in [2.75, 3.05) is 0 Å². The third kappa shape index (κ3) is 3.15. The molecule has 0 saturated carbocycles. The summed E-state index contributed by atoms with van der Waals surface area (Å²) < 4.78 is 5.51. The van der Waals surface area contributed by atoms with Crippen LogP contribution in [0.5, 0.6) is 0 Å². The zero-order chi connectivity index (χ0) is 13.0. The van der Waals surface area contributed by atoms with Gasteiger partial charge >= 0.3 is 5.97 Å². The normalized spacial score (nSPS) is 10.5. The number of hydrogen-bond donors (Lipinski definition) is 1. The molecule has 0 aliphatic carbocycles. The fourth-order valence-electron chi connectivity index (χ4n) is 1.54. The summed E-state index contributed by atoms with van der Waals surface area (Å²) in [5.41, 5.74) is 1.63. The molecule has 18 heavy (non-hydrogen) atoms. The van der Waals surface area contributed by atoms with E-state index in [9.17, 15) is 4.79 Å². The molecule has 1 aromatic carbocycles. The van der Waals surface area contributed by atoms with Crippen LogP contribution >= 0.6 is 11.3 Å². The van der Waals surface area contributed by atoms with Crippen LogP contribution in [0.2, 0.25) is 0 Å². The minimum absolute atomic E-state index is 0.285. The van der Waals surface area contributed by atoms with Crippen LogP contribution in [0.1, 0.15) is 25.9 Å². The first kappa shape index (κ1) is 12.7. The highest BCUT2D eigenvalue weighted by Crippen LogP contribution is 2.19. The molecule has 0 aliphatic rings. The Balaban J connectivity index is 1.91. The zero-order valence-electron chi connectivity index (χ0n) is 9.92. The summed E-state index contributed by atoms with van der Waals surface area (Å²) in [4.78, 5) is 15.3. The number of nitrogens with zero attached hydrogens (tertiary/aromatic N) is 1. The molecule has 5 heteroatoms. The van der Waals surface area contributed by atoms with Crippen molar-refractivity contribution in [2.24, 2.45) is 0 Å². The van der Waals surface area contributed by atoms with E-state index < -0.39 is 5.97 Å². The average Bonchev–Trinajstić information content (AvgIpc) is 2.72. The highest BCUT2D eigenvalue weighted by Gasteiger charge is 2.13. The number of benzene rings is 1. The van der Waals surface area contributed by atoms with Crippen LogP contribution in [0.3, 0.4) is 0 Å². The van der Waals surface area contributed by atoms with E-state index in [0.29, 0.717) is 23.9 Å². The van der Waals surface area contributed by atoms with E-state index in [0.717, 1.165) is 5.56 Å². The first-order valence-corrected chi connectivity index (χ1v) is 6.29. The Bertz CT molecular complexity index is 536. The largest absolute Gasteiger partial charge is 0.477 e. The van der Waals surface area contributed by atoms with Crippen LogP contribution in [0.15, 0.2) is 30.3 Å². The molecule has 0 radical (unpaired) electrons. The summed E-state index contributed by atoms with van der Waals surface area (Å²) in [5, 5.41) is 9.61. The van der Waals surface area contributed by atoms with Crippen LogP contribution in [0, 0.1) is 6.92 Å². The van der Waals surface area contributed by atoms with Gasteiger partial charge in [0.25, 0.3) is 0 Å². The molecular formula is C13H13NO3S. The lowest BCUT2D eigenvalue weighted by atomic mass is 10.2. The molecule has 0 saturated heterocycles. The number of rotatable bonds is 5. The van der Waals surface area contributed by atoms with Crippen molar-refractivity contribution in [1.29, 1.82) is 0 Å². The van der Waals surface area contributed by atoms with Crippen molar-refractivity contribution < 1.29 is 14.6 Å². The fraction of sp³-hybridized carbons (Fsp3) is 0.231. The average molecular weight is 263 g/mol. The maximum absolute atomic E-state index is 10.9. The molecule has 0 fully saturated rings. The number of carbonyl (C=O) groups is 1. The lowest BCUT2D eigenvalue weighted by Gasteiger charge is -2.01. The van der Waals surface area contributed by atoms with E-state index >= 15 is 0 Å². The van der Waals surface area contributed by atoms with Crippen LogP contribution < -0.4 is 0 Å².